The van der Waals surface area contributed by atoms with Crippen molar-refractivity contribution in [2.75, 3.05) is 19.8 Å². The van der Waals surface area contributed by atoms with Crippen molar-refractivity contribution in [3.05, 3.63) is 47.5 Å². The number of hydrogen-bond donors (Lipinski definition) is 4. The van der Waals surface area contributed by atoms with Crippen LogP contribution in [0.4, 0.5) is 13.2 Å². The van der Waals surface area contributed by atoms with E-state index >= 15 is 0 Å². The van der Waals surface area contributed by atoms with Gasteiger partial charge in [0.25, 0.3) is 12.3 Å². The lowest BCUT2D eigenvalue weighted by molar-refractivity contribution is -0.133. The summed E-state index contributed by atoms with van der Waals surface area (Å²) in [5.74, 6) is -2.61. The number of nitrogens with one attached hydrogen (secondary N) is 2. The second kappa shape index (κ2) is 16.2. The van der Waals surface area contributed by atoms with Crippen LogP contribution in [-0.4, -0.2) is 84.4 Å². The van der Waals surface area contributed by atoms with Gasteiger partial charge in [0.15, 0.2) is 0 Å². The lowest BCUT2D eigenvalue weighted by Gasteiger charge is -2.36. The number of carbonyl (C=O) groups excluding carboxylic acids is 2. The number of amides is 2. The molecule has 39 heavy (non-hydrogen) atoms. The second-order valence-electron chi connectivity index (χ2n) is 9.80. The van der Waals surface area contributed by atoms with E-state index < -0.39 is 56.3 Å². The van der Waals surface area contributed by atoms with Crippen molar-refractivity contribution in [2.24, 2.45) is 5.92 Å². The number of hydrogen-bond acceptors (Lipinski definition) is 7. The van der Waals surface area contributed by atoms with Crippen molar-refractivity contribution in [1.82, 2.24) is 15.5 Å². The van der Waals surface area contributed by atoms with Crippen molar-refractivity contribution >= 4 is 18.9 Å². The van der Waals surface area contributed by atoms with E-state index in [1.165, 1.54) is 4.90 Å². The third kappa shape index (κ3) is 10.6. The topological polar surface area (TPSA) is 135 Å². The molecule has 1 aromatic carbocycles. The molecule has 0 aliphatic carbocycles. The number of allylic oxidation sites excluding steroid dienone is 1. The SMILES string of the molecule is CC(C)C=C(C#N)C(=O)N1CCCCC1COCC(NC(F)C(F)F)C(=O)N[C@@H](Cc1ccccc1)B(O)O. The van der Waals surface area contributed by atoms with Gasteiger partial charge in [-0.3, -0.25) is 14.9 Å². The Morgan fingerprint density at radius 2 is 1.92 bits per heavy atom. The van der Waals surface area contributed by atoms with Crippen molar-refractivity contribution in [2.45, 2.75) is 70.3 Å². The van der Waals surface area contributed by atoms with Gasteiger partial charge < -0.3 is 25.0 Å². The maximum absolute atomic E-state index is 13.9. The minimum atomic E-state index is -3.41. The summed E-state index contributed by atoms with van der Waals surface area (Å²) in [4.78, 5) is 27.4. The maximum atomic E-state index is 13.9. The molecule has 0 saturated carbocycles. The predicted octanol–water partition coefficient (Wildman–Crippen LogP) is 1.75. The molecule has 1 aromatic rings. The largest absolute Gasteiger partial charge is 0.475 e. The lowest BCUT2D eigenvalue weighted by Crippen LogP contribution is -2.57. The van der Waals surface area contributed by atoms with E-state index in [0.717, 1.165) is 12.8 Å². The van der Waals surface area contributed by atoms with Crippen LogP contribution < -0.4 is 10.6 Å². The van der Waals surface area contributed by atoms with Crippen LogP contribution >= 0.6 is 0 Å². The van der Waals surface area contributed by atoms with Crippen LogP contribution in [0.15, 0.2) is 42.0 Å². The van der Waals surface area contributed by atoms with E-state index in [9.17, 15) is 38.1 Å². The van der Waals surface area contributed by atoms with E-state index in [4.69, 9.17) is 4.74 Å². The number of benzene rings is 1. The fourth-order valence-corrected chi connectivity index (χ4v) is 4.25. The summed E-state index contributed by atoms with van der Waals surface area (Å²) in [6.07, 6.45) is -2.55. The number of rotatable bonds is 14. The molecule has 1 heterocycles. The molecule has 0 spiro atoms. The summed E-state index contributed by atoms with van der Waals surface area (Å²) in [5, 5.41) is 33.2. The van der Waals surface area contributed by atoms with Gasteiger partial charge in [-0.05, 0) is 37.2 Å². The molecule has 4 N–H and O–H groups in total. The zero-order valence-corrected chi connectivity index (χ0v) is 22.1. The van der Waals surface area contributed by atoms with Gasteiger partial charge in [0.05, 0.1) is 25.2 Å². The number of piperidine rings is 1. The van der Waals surface area contributed by atoms with Gasteiger partial charge in [-0.25, -0.2) is 13.2 Å². The van der Waals surface area contributed by atoms with Crippen molar-refractivity contribution < 1.29 is 37.5 Å². The van der Waals surface area contributed by atoms with Crippen LogP contribution in [0.3, 0.4) is 0 Å². The molecule has 2 amide bonds. The van der Waals surface area contributed by atoms with E-state index in [2.05, 4.69) is 5.32 Å². The number of halogens is 3. The highest BCUT2D eigenvalue weighted by Gasteiger charge is 2.33. The molecule has 9 nitrogen and oxygen atoms in total. The smallest absolute Gasteiger partial charge is 0.426 e. The molecule has 2 rings (SSSR count). The molecule has 4 atom stereocenters. The first kappa shape index (κ1) is 32.3. The molecule has 1 saturated heterocycles. The van der Waals surface area contributed by atoms with E-state index in [1.807, 2.05) is 25.2 Å². The predicted molar refractivity (Wildman–Crippen MR) is 139 cm³/mol. The zero-order chi connectivity index (χ0) is 28.9. The molecule has 0 aromatic heterocycles. The number of alkyl halides is 3. The van der Waals surface area contributed by atoms with Crippen molar-refractivity contribution in [1.29, 1.82) is 5.26 Å². The zero-order valence-electron chi connectivity index (χ0n) is 22.1. The highest BCUT2D eigenvalue weighted by Crippen LogP contribution is 2.20. The average molecular weight is 552 g/mol. The fourth-order valence-electron chi connectivity index (χ4n) is 4.25. The van der Waals surface area contributed by atoms with Crippen LogP contribution in [-0.2, 0) is 20.7 Å². The van der Waals surface area contributed by atoms with Crippen LogP contribution in [0.1, 0.15) is 38.7 Å². The van der Waals surface area contributed by atoms with Gasteiger partial charge in [-0.2, -0.15) is 5.26 Å². The van der Waals surface area contributed by atoms with E-state index in [1.54, 1.807) is 36.4 Å². The van der Waals surface area contributed by atoms with Gasteiger partial charge in [-0.1, -0.05) is 50.3 Å². The monoisotopic (exact) mass is 552 g/mol. The summed E-state index contributed by atoms with van der Waals surface area (Å²) < 4.78 is 45.3. The average Bonchev–Trinajstić information content (AvgIpc) is 2.90. The van der Waals surface area contributed by atoms with Gasteiger partial charge in [0.1, 0.15) is 17.7 Å². The highest BCUT2D eigenvalue weighted by molar-refractivity contribution is 6.43. The molecule has 214 valence electrons. The summed E-state index contributed by atoms with van der Waals surface area (Å²) in [6, 6.07) is 8.54. The molecule has 3 unspecified atom stereocenters. The Morgan fingerprint density at radius 3 is 2.51 bits per heavy atom. The minimum Gasteiger partial charge on any atom is -0.426 e. The highest BCUT2D eigenvalue weighted by atomic mass is 19.3. The number of carbonyl (C=O) groups is 2. The molecule has 0 radical (unpaired) electrons. The van der Waals surface area contributed by atoms with E-state index in [-0.39, 0.29) is 24.5 Å². The van der Waals surface area contributed by atoms with E-state index in [0.29, 0.717) is 18.5 Å². The van der Waals surface area contributed by atoms with Gasteiger partial charge in [0, 0.05) is 6.54 Å². The summed E-state index contributed by atoms with van der Waals surface area (Å²) >= 11 is 0. The Bertz CT molecular complexity index is 994. The first-order chi connectivity index (χ1) is 18.5. The number of nitrogens with zero attached hydrogens (tertiary/aromatic N) is 2. The Labute approximate surface area is 227 Å². The number of ether oxygens (including phenoxy) is 1. The Kier molecular flexibility index (Phi) is 13.5. The molecular weight excluding hydrogens is 516 g/mol. The van der Waals surface area contributed by atoms with Crippen LogP contribution in [0.2, 0.25) is 0 Å². The summed E-state index contributed by atoms with van der Waals surface area (Å²) in [6.45, 7) is 3.50. The van der Waals surface area contributed by atoms with Gasteiger partial charge >= 0.3 is 7.12 Å². The molecular formula is C26H36BF3N4O5. The Balaban J connectivity index is 2.09. The molecule has 1 aliphatic rings. The lowest BCUT2D eigenvalue weighted by atomic mass is 9.76. The van der Waals surface area contributed by atoms with Gasteiger partial charge in [0.2, 0.25) is 12.2 Å². The molecule has 1 fully saturated rings. The van der Waals surface area contributed by atoms with Crippen molar-refractivity contribution in [3.63, 3.8) is 0 Å². The first-order valence-electron chi connectivity index (χ1n) is 12.9. The minimum absolute atomic E-state index is 0.0138. The standard InChI is InChI=1S/C26H36BF3N4O5/c1-17(2)12-19(14-31)26(36)34-11-7-6-10-20(34)15-39-16-21(32-24(30)23(28)29)25(35)33-22(27(37)38)13-18-8-4-3-5-9-18/h3-5,8-9,12,17,20-24,32,37-38H,6-7,10-11,13,15-16H2,1-2H3,(H,33,35)/t20?,21?,22-,24?/m0/s1. The van der Waals surface area contributed by atoms with Crippen molar-refractivity contribution in [3.8, 4) is 6.07 Å². The third-order valence-corrected chi connectivity index (χ3v) is 6.22. The van der Waals surface area contributed by atoms with Gasteiger partial charge in [-0.15, -0.1) is 0 Å². The molecule has 13 heteroatoms. The third-order valence-electron chi connectivity index (χ3n) is 6.22. The summed E-state index contributed by atoms with van der Waals surface area (Å²) in [7, 11) is -1.97. The Morgan fingerprint density at radius 1 is 1.23 bits per heavy atom. The molecule has 1 aliphatic heterocycles. The van der Waals surface area contributed by atoms with Crippen LogP contribution in [0, 0.1) is 17.2 Å². The second-order valence-corrected chi connectivity index (χ2v) is 9.80. The number of nitriles is 1. The maximum Gasteiger partial charge on any atom is 0.475 e. The van der Waals surface area contributed by atoms with Crippen LogP contribution in [0.25, 0.3) is 0 Å². The summed E-state index contributed by atoms with van der Waals surface area (Å²) in [5.41, 5.74) is 0.693. The Hall–Kier alpha value is -2.92. The quantitative estimate of drug-likeness (QED) is 0.120. The number of likely N-dealkylation sites (tertiary alicyclic amines) is 1. The normalized spacial score (nSPS) is 18.4. The van der Waals surface area contributed by atoms with Crippen LogP contribution in [0.5, 0.6) is 0 Å². The fraction of sp³-hybridized carbons (Fsp3) is 0.577. The molecule has 0 bridgehead atoms. The first-order valence-corrected chi connectivity index (χ1v) is 12.9.